The molecule has 1 aromatic heterocycles. The molecule has 18 heavy (non-hydrogen) atoms. The van der Waals surface area contributed by atoms with E-state index < -0.39 is 0 Å². The standard InChI is InChI=1S/C12H15BrN4O/c1-2-17-11(8-15-16-17)7-14-6-9-5-10(13)3-4-12(9)18/h3-5,8,14,18H,2,6-7H2,1H3. The van der Waals surface area contributed by atoms with Gasteiger partial charge in [0.2, 0.25) is 0 Å². The van der Waals surface area contributed by atoms with E-state index >= 15 is 0 Å². The topological polar surface area (TPSA) is 63.0 Å². The Morgan fingerprint density at radius 3 is 3.00 bits per heavy atom. The van der Waals surface area contributed by atoms with E-state index in [0.29, 0.717) is 18.8 Å². The maximum atomic E-state index is 9.70. The summed E-state index contributed by atoms with van der Waals surface area (Å²) >= 11 is 3.39. The van der Waals surface area contributed by atoms with E-state index in [-0.39, 0.29) is 0 Å². The van der Waals surface area contributed by atoms with Gasteiger partial charge in [-0.1, -0.05) is 21.1 Å². The molecule has 0 unspecified atom stereocenters. The predicted octanol–water partition coefficient (Wildman–Crippen LogP) is 2.06. The summed E-state index contributed by atoms with van der Waals surface area (Å²) in [5.41, 5.74) is 1.90. The number of hydrogen-bond acceptors (Lipinski definition) is 4. The maximum Gasteiger partial charge on any atom is 0.120 e. The van der Waals surface area contributed by atoms with Crippen molar-refractivity contribution in [3.63, 3.8) is 0 Å². The number of phenols is 1. The van der Waals surface area contributed by atoms with Crippen molar-refractivity contribution < 1.29 is 5.11 Å². The molecule has 0 aliphatic heterocycles. The molecule has 5 nitrogen and oxygen atoms in total. The van der Waals surface area contributed by atoms with Gasteiger partial charge >= 0.3 is 0 Å². The summed E-state index contributed by atoms with van der Waals surface area (Å²) in [6.45, 7) is 4.10. The van der Waals surface area contributed by atoms with Gasteiger partial charge in [0.15, 0.2) is 0 Å². The number of phenolic OH excluding ortho intramolecular Hbond substituents is 1. The van der Waals surface area contributed by atoms with Crippen molar-refractivity contribution in [1.29, 1.82) is 0 Å². The van der Waals surface area contributed by atoms with Gasteiger partial charge in [-0.15, -0.1) is 5.10 Å². The molecule has 0 radical (unpaired) electrons. The second-order valence-electron chi connectivity index (χ2n) is 3.92. The Labute approximate surface area is 114 Å². The Kier molecular flexibility index (Phi) is 4.33. The fourth-order valence-electron chi connectivity index (χ4n) is 1.70. The van der Waals surface area contributed by atoms with Crippen LogP contribution in [0.3, 0.4) is 0 Å². The number of hydrogen-bond donors (Lipinski definition) is 2. The minimum absolute atomic E-state index is 0.299. The van der Waals surface area contributed by atoms with Crippen LogP contribution in [0.5, 0.6) is 5.75 Å². The number of aromatic hydroxyl groups is 1. The van der Waals surface area contributed by atoms with Gasteiger partial charge in [0.1, 0.15) is 5.75 Å². The van der Waals surface area contributed by atoms with Crippen LogP contribution >= 0.6 is 15.9 Å². The number of halogens is 1. The molecule has 0 aliphatic carbocycles. The minimum Gasteiger partial charge on any atom is -0.508 e. The lowest BCUT2D eigenvalue weighted by Crippen LogP contribution is -2.16. The van der Waals surface area contributed by atoms with Crippen molar-refractivity contribution in [2.45, 2.75) is 26.6 Å². The molecule has 0 spiro atoms. The lowest BCUT2D eigenvalue weighted by Gasteiger charge is -2.08. The van der Waals surface area contributed by atoms with Crippen LogP contribution in [-0.2, 0) is 19.6 Å². The van der Waals surface area contributed by atoms with E-state index in [1.54, 1.807) is 12.3 Å². The van der Waals surface area contributed by atoms with Crippen molar-refractivity contribution in [2.75, 3.05) is 0 Å². The predicted molar refractivity (Wildman–Crippen MR) is 72.0 cm³/mol. The van der Waals surface area contributed by atoms with Crippen LogP contribution in [0.2, 0.25) is 0 Å². The zero-order chi connectivity index (χ0) is 13.0. The Morgan fingerprint density at radius 2 is 2.22 bits per heavy atom. The van der Waals surface area contributed by atoms with E-state index in [1.807, 2.05) is 23.7 Å². The lowest BCUT2D eigenvalue weighted by atomic mass is 10.2. The Morgan fingerprint density at radius 1 is 1.39 bits per heavy atom. The Bertz CT molecular complexity index is 527. The fraction of sp³-hybridized carbons (Fsp3) is 0.333. The summed E-state index contributed by atoms with van der Waals surface area (Å²) < 4.78 is 2.80. The molecule has 0 saturated heterocycles. The third-order valence-electron chi connectivity index (χ3n) is 2.66. The van der Waals surface area contributed by atoms with Gasteiger partial charge in [0.05, 0.1) is 11.9 Å². The van der Waals surface area contributed by atoms with E-state index in [2.05, 4.69) is 31.6 Å². The molecule has 1 heterocycles. The highest BCUT2D eigenvalue weighted by atomic mass is 79.9. The largest absolute Gasteiger partial charge is 0.508 e. The molecule has 2 aromatic rings. The first-order valence-corrected chi connectivity index (χ1v) is 6.55. The van der Waals surface area contributed by atoms with Gasteiger partial charge < -0.3 is 10.4 Å². The fourth-order valence-corrected chi connectivity index (χ4v) is 2.11. The smallest absolute Gasteiger partial charge is 0.120 e. The first-order chi connectivity index (χ1) is 8.70. The summed E-state index contributed by atoms with van der Waals surface area (Å²) in [5.74, 6) is 0.299. The van der Waals surface area contributed by atoms with Crippen molar-refractivity contribution in [3.8, 4) is 5.75 Å². The van der Waals surface area contributed by atoms with Crippen LogP contribution < -0.4 is 5.32 Å². The maximum absolute atomic E-state index is 9.70. The van der Waals surface area contributed by atoms with E-state index in [9.17, 15) is 5.11 Å². The number of aromatic nitrogens is 3. The Hall–Kier alpha value is -1.40. The molecular formula is C12H15BrN4O. The van der Waals surface area contributed by atoms with Gasteiger partial charge in [0, 0.05) is 29.7 Å². The monoisotopic (exact) mass is 310 g/mol. The normalized spacial score (nSPS) is 10.8. The average molecular weight is 311 g/mol. The molecule has 0 bridgehead atoms. The van der Waals surface area contributed by atoms with Crippen molar-refractivity contribution in [2.24, 2.45) is 0 Å². The second-order valence-corrected chi connectivity index (χ2v) is 4.83. The van der Waals surface area contributed by atoms with Crippen molar-refractivity contribution >= 4 is 15.9 Å². The van der Waals surface area contributed by atoms with E-state index in [0.717, 1.165) is 22.3 Å². The summed E-state index contributed by atoms with van der Waals surface area (Å²) in [5, 5.41) is 20.8. The summed E-state index contributed by atoms with van der Waals surface area (Å²) in [6, 6.07) is 5.39. The highest BCUT2D eigenvalue weighted by Crippen LogP contribution is 2.21. The van der Waals surface area contributed by atoms with Gasteiger partial charge in [0.25, 0.3) is 0 Å². The van der Waals surface area contributed by atoms with E-state index in [1.165, 1.54) is 0 Å². The molecule has 0 aliphatic rings. The zero-order valence-corrected chi connectivity index (χ0v) is 11.7. The van der Waals surface area contributed by atoms with Gasteiger partial charge in [-0.3, -0.25) is 0 Å². The third-order valence-corrected chi connectivity index (χ3v) is 3.15. The second kappa shape index (κ2) is 5.97. The molecule has 0 fully saturated rings. The zero-order valence-electron chi connectivity index (χ0n) is 10.1. The number of aryl methyl sites for hydroxylation is 1. The van der Waals surface area contributed by atoms with Crippen LogP contribution in [0.25, 0.3) is 0 Å². The van der Waals surface area contributed by atoms with Gasteiger partial charge in [-0.05, 0) is 25.1 Å². The minimum atomic E-state index is 0.299. The van der Waals surface area contributed by atoms with Crippen molar-refractivity contribution in [1.82, 2.24) is 20.3 Å². The molecule has 96 valence electrons. The number of nitrogens with one attached hydrogen (secondary N) is 1. The van der Waals surface area contributed by atoms with Crippen LogP contribution in [0.1, 0.15) is 18.2 Å². The highest BCUT2D eigenvalue weighted by Gasteiger charge is 2.04. The summed E-state index contributed by atoms with van der Waals surface area (Å²) in [4.78, 5) is 0. The van der Waals surface area contributed by atoms with Gasteiger partial charge in [-0.25, -0.2) is 4.68 Å². The van der Waals surface area contributed by atoms with Crippen LogP contribution in [-0.4, -0.2) is 20.1 Å². The highest BCUT2D eigenvalue weighted by molar-refractivity contribution is 9.10. The van der Waals surface area contributed by atoms with Crippen molar-refractivity contribution in [3.05, 3.63) is 40.1 Å². The molecule has 2 rings (SSSR count). The summed E-state index contributed by atoms with van der Waals surface area (Å²) in [7, 11) is 0. The van der Waals surface area contributed by atoms with Crippen LogP contribution in [0, 0.1) is 0 Å². The SMILES string of the molecule is CCn1nncc1CNCc1cc(Br)ccc1O. The summed E-state index contributed by atoms with van der Waals surface area (Å²) in [6.07, 6.45) is 1.75. The molecule has 0 amide bonds. The molecule has 0 saturated carbocycles. The average Bonchev–Trinajstić information content (AvgIpc) is 2.81. The third kappa shape index (κ3) is 3.08. The molecule has 1 aromatic carbocycles. The van der Waals surface area contributed by atoms with Crippen LogP contribution in [0.4, 0.5) is 0 Å². The first-order valence-electron chi connectivity index (χ1n) is 5.76. The molecule has 2 N–H and O–H groups in total. The Balaban J connectivity index is 1.94. The molecule has 0 atom stereocenters. The first kappa shape index (κ1) is 13.0. The number of benzene rings is 1. The number of rotatable bonds is 5. The van der Waals surface area contributed by atoms with Crippen LogP contribution in [0.15, 0.2) is 28.9 Å². The lowest BCUT2D eigenvalue weighted by molar-refractivity contribution is 0.463. The molecular weight excluding hydrogens is 296 g/mol. The quantitative estimate of drug-likeness (QED) is 0.887. The van der Waals surface area contributed by atoms with E-state index in [4.69, 9.17) is 0 Å². The molecule has 6 heteroatoms. The number of nitrogens with zero attached hydrogens (tertiary/aromatic N) is 3. The van der Waals surface area contributed by atoms with Gasteiger partial charge in [-0.2, -0.15) is 0 Å².